The number of nitrogens with one attached hydrogen (secondary N) is 1. The standard InChI is InChI=1S/C14H23N3O3/c1-14(2,7-8-19-3)9-16-12-10(15)5-6-11(17-12)13(18)20-4/h5-6H,7-9,15H2,1-4H3,(H,16,17). The third-order valence-electron chi connectivity index (χ3n) is 3.04. The number of aromatic nitrogens is 1. The number of nitrogens with two attached hydrogens (primary N) is 1. The number of esters is 1. The zero-order valence-corrected chi connectivity index (χ0v) is 12.5. The summed E-state index contributed by atoms with van der Waals surface area (Å²) in [6.45, 7) is 5.62. The highest BCUT2D eigenvalue weighted by molar-refractivity contribution is 5.88. The molecule has 0 saturated heterocycles. The van der Waals surface area contributed by atoms with E-state index >= 15 is 0 Å². The summed E-state index contributed by atoms with van der Waals surface area (Å²) in [4.78, 5) is 15.6. The Bertz CT molecular complexity index is 461. The van der Waals surface area contributed by atoms with Crippen LogP contribution in [0.1, 0.15) is 30.8 Å². The van der Waals surface area contributed by atoms with Crippen LogP contribution in [-0.2, 0) is 9.47 Å². The minimum atomic E-state index is -0.480. The van der Waals surface area contributed by atoms with E-state index in [9.17, 15) is 4.79 Å². The van der Waals surface area contributed by atoms with Gasteiger partial charge in [0.2, 0.25) is 0 Å². The van der Waals surface area contributed by atoms with Gasteiger partial charge in [-0.1, -0.05) is 13.8 Å². The van der Waals surface area contributed by atoms with Crippen molar-refractivity contribution in [2.45, 2.75) is 20.3 Å². The molecule has 1 rings (SSSR count). The highest BCUT2D eigenvalue weighted by Crippen LogP contribution is 2.23. The molecule has 0 aromatic carbocycles. The Labute approximate surface area is 119 Å². The van der Waals surface area contributed by atoms with E-state index in [1.807, 2.05) is 0 Å². The first-order valence-electron chi connectivity index (χ1n) is 6.47. The molecule has 3 N–H and O–H groups in total. The Morgan fingerprint density at radius 1 is 1.40 bits per heavy atom. The minimum absolute atomic E-state index is 0.0331. The van der Waals surface area contributed by atoms with Crippen molar-refractivity contribution >= 4 is 17.5 Å². The third kappa shape index (κ3) is 4.70. The minimum Gasteiger partial charge on any atom is -0.464 e. The van der Waals surface area contributed by atoms with E-state index in [1.165, 1.54) is 7.11 Å². The second kappa shape index (κ2) is 7.09. The summed E-state index contributed by atoms with van der Waals surface area (Å²) in [5, 5.41) is 3.18. The Kier molecular flexibility index (Phi) is 5.76. The fraction of sp³-hybridized carbons (Fsp3) is 0.571. The van der Waals surface area contributed by atoms with Gasteiger partial charge >= 0.3 is 5.97 Å². The molecule has 0 fully saturated rings. The fourth-order valence-corrected chi connectivity index (χ4v) is 1.62. The van der Waals surface area contributed by atoms with Crippen LogP contribution >= 0.6 is 0 Å². The molecule has 1 aromatic rings. The summed E-state index contributed by atoms with van der Waals surface area (Å²) in [6.07, 6.45) is 0.910. The Hall–Kier alpha value is -1.82. The molecule has 0 atom stereocenters. The zero-order chi connectivity index (χ0) is 15.2. The first kappa shape index (κ1) is 16.2. The lowest BCUT2D eigenvalue weighted by Crippen LogP contribution is -2.25. The largest absolute Gasteiger partial charge is 0.464 e. The lowest BCUT2D eigenvalue weighted by molar-refractivity contribution is 0.0594. The highest BCUT2D eigenvalue weighted by atomic mass is 16.5. The summed E-state index contributed by atoms with van der Waals surface area (Å²) in [6, 6.07) is 3.19. The van der Waals surface area contributed by atoms with Crippen LogP contribution in [0.2, 0.25) is 0 Å². The molecule has 1 aromatic heterocycles. The molecule has 0 amide bonds. The van der Waals surface area contributed by atoms with Gasteiger partial charge in [-0.3, -0.25) is 0 Å². The molecule has 0 aliphatic heterocycles. The maximum absolute atomic E-state index is 11.4. The van der Waals surface area contributed by atoms with Gasteiger partial charge in [-0.25, -0.2) is 9.78 Å². The van der Waals surface area contributed by atoms with Crippen molar-refractivity contribution in [2.24, 2.45) is 5.41 Å². The number of carbonyl (C=O) groups is 1. The monoisotopic (exact) mass is 281 g/mol. The summed E-state index contributed by atoms with van der Waals surface area (Å²) in [7, 11) is 3.00. The average molecular weight is 281 g/mol. The predicted octanol–water partition coefficient (Wildman–Crippen LogP) is 1.92. The first-order chi connectivity index (χ1) is 9.39. The van der Waals surface area contributed by atoms with Crippen LogP contribution in [-0.4, -0.2) is 38.3 Å². The summed E-state index contributed by atoms with van der Waals surface area (Å²) < 4.78 is 9.73. The van der Waals surface area contributed by atoms with Crippen molar-refractivity contribution < 1.29 is 14.3 Å². The van der Waals surface area contributed by atoms with Crippen LogP contribution in [0.4, 0.5) is 11.5 Å². The van der Waals surface area contributed by atoms with Crippen molar-refractivity contribution in [3.8, 4) is 0 Å². The van der Waals surface area contributed by atoms with E-state index in [1.54, 1.807) is 19.2 Å². The van der Waals surface area contributed by atoms with Crippen molar-refractivity contribution in [3.63, 3.8) is 0 Å². The molecule has 0 unspecified atom stereocenters. The van der Waals surface area contributed by atoms with Crippen LogP contribution < -0.4 is 11.1 Å². The number of pyridine rings is 1. The summed E-state index contributed by atoms with van der Waals surface area (Å²) in [5.41, 5.74) is 6.63. The van der Waals surface area contributed by atoms with Gasteiger partial charge in [0.05, 0.1) is 12.8 Å². The van der Waals surface area contributed by atoms with Gasteiger partial charge in [-0.2, -0.15) is 0 Å². The lowest BCUT2D eigenvalue weighted by atomic mass is 9.90. The van der Waals surface area contributed by atoms with Gasteiger partial charge in [-0.15, -0.1) is 0 Å². The quantitative estimate of drug-likeness (QED) is 0.743. The van der Waals surface area contributed by atoms with E-state index in [0.717, 1.165) is 6.42 Å². The Balaban J connectivity index is 2.74. The van der Waals surface area contributed by atoms with Crippen LogP contribution in [0.5, 0.6) is 0 Å². The third-order valence-corrected chi connectivity index (χ3v) is 3.04. The van der Waals surface area contributed by atoms with E-state index in [2.05, 4.69) is 28.9 Å². The smallest absolute Gasteiger partial charge is 0.356 e. The van der Waals surface area contributed by atoms with Crippen LogP contribution in [0, 0.1) is 5.41 Å². The number of hydrogen-bond acceptors (Lipinski definition) is 6. The van der Waals surface area contributed by atoms with Crippen molar-refractivity contribution in [2.75, 3.05) is 38.4 Å². The molecule has 0 aliphatic rings. The number of rotatable bonds is 7. The predicted molar refractivity (Wildman–Crippen MR) is 78.8 cm³/mol. The summed E-state index contributed by atoms with van der Waals surface area (Å²) >= 11 is 0. The van der Waals surface area contributed by atoms with E-state index in [4.69, 9.17) is 10.5 Å². The fourth-order valence-electron chi connectivity index (χ4n) is 1.62. The maximum atomic E-state index is 11.4. The normalized spacial score (nSPS) is 11.2. The molecule has 6 nitrogen and oxygen atoms in total. The van der Waals surface area contributed by atoms with Crippen LogP contribution in [0.25, 0.3) is 0 Å². The number of carbonyl (C=O) groups excluding carboxylic acids is 1. The molecular weight excluding hydrogens is 258 g/mol. The molecule has 0 bridgehead atoms. The van der Waals surface area contributed by atoms with Gasteiger partial charge < -0.3 is 20.5 Å². The van der Waals surface area contributed by atoms with Crippen LogP contribution in [0.3, 0.4) is 0 Å². The van der Waals surface area contributed by atoms with Crippen molar-refractivity contribution in [1.82, 2.24) is 4.98 Å². The molecule has 0 radical (unpaired) electrons. The van der Waals surface area contributed by atoms with Gasteiger partial charge in [0.1, 0.15) is 5.82 Å². The molecule has 1 heterocycles. The SMILES string of the molecule is COCCC(C)(C)CNc1nc(C(=O)OC)ccc1N. The van der Waals surface area contributed by atoms with Gasteiger partial charge in [0.25, 0.3) is 0 Å². The first-order valence-corrected chi connectivity index (χ1v) is 6.47. The molecule has 6 heteroatoms. The molecule has 0 saturated carbocycles. The molecule has 0 spiro atoms. The molecule has 20 heavy (non-hydrogen) atoms. The number of nitrogen functional groups attached to an aromatic ring is 1. The molecular formula is C14H23N3O3. The van der Waals surface area contributed by atoms with E-state index in [-0.39, 0.29) is 11.1 Å². The van der Waals surface area contributed by atoms with Crippen molar-refractivity contribution in [3.05, 3.63) is 17.8 Å². The lowest BCUT2D eigenvalue weighted by Gasteiger charge is -2.25. The van der Waals surface area contributed by atoms with Gasteiger partial charge in [-0.05, 0) is 24.0 Å². The molecule has 112 valence electrons. The van der Waals surface area contributed by atoms with Gasteiger partial charge in [0, 0.05) is 20.3 Å². The number of anilines is 2. The van der Waals surface area contributed by atoms with Crippen LogP contribution in [0.15, 0.2) is 12.1 Å². The Morgan fingerprint density at radius 2 is 2.10 bits per heavy atom. The number of hydrogen-bond donors (Lipinski definition) is 2. The summed E-state index contributed by atoms with van der Waals surface area (Å²) in [5.74, 6) is 0.0186. The van der Waals surface area contributed by atoms with Crippen molar-refractivity contribution in [1.29, 1.82) is 0 Å². The Morgan fingerprint density at radius 3 is 2.70 bits per heavy atom. The van der Waals surface area contributed by atoms with Gasteiger partial charge in [0.15, 0.2) is 5.69 Å². The second-order valence-corrected chi connectivity index (χ2v) is 5.39. The maximum Gasteiger partial charge on any atom is 0.356 e. The highest BCUT2D eigenvalue weighted by Gasteiger charge is 2.18. The molecule has 0 aliphatic carbocycles. The average Bonchev–Trinajstić information content (AvgIpc) is 2.43. The van der Waals surface area contributed by atoms with E-state index < -0.39 is 5.97 Å². The topological polar surface area (TPSA) is 86.5 Å². The second-order valence-electron chi connectivity index (χ2n) is 5.39. The zero-order valence-electron chi connectivity index (χ0n) is 12.5. The van der Waals surface area contributed by atoms with E-state index in [0.29, 0.717) is 24.7 Å². The number of nitrogens with zero attached hydrogens (tertiary/aromatic N) is 1. The number of ether oxygens (including phenoxy) is 2. The number of methoxy groups -OCH3 is 2.